The molecule has 0 saturated carbocycles. The molecule has 2 N–H and O–H groups in total. The summed E-state index contributed by atoms with van der Waals surface area (Å²) in [4.78, 5) is 24.8. The summed E-state index contributed by atoms with van der Waals surface area (Å²) in [5.74, 6) is 0.377. The highest BCUT2D eigenvalue weighted by atomic mass is 127. The number of anilines is 1. The molecule has 0 bridgehead atoms. The second kappa shape index (κ2) is 11.5. The van der Waals surface area contributed by atoms with Crippen LogP contribution in [0.2, 0.25) is 5.02 Å². The minimum atomic E-state index is -0.240. The van der Waals surface area contributed by atoms with Crippen LogP contribution in [0.25, 0.3) is 0 Å². The number of aromatic nitrogens is 3. The first kappa shape index (κ1) is 24.3. The van der Waals surface area contributed by atoms with Crippen LogP contribution in [0.15, 0.2) is 60.3 Å². The molecule has 0 spiro atoms. The van der Waals surface area contributed by atoms with Gasteiger partial charge in [-0.1, -0.05) is 29.4 Å². The summed E-state index contributed by atoms with van der Waals surface area (Å²) in [7, 11) is 0. The molecule has 2 aromatic carbocycles. The number of rotatable bonds is 9. The van der Waals surface area contributed by atoms with Gasteiger partial charge >= 0.3 is 0 Å². The van der Waals surface area contributed by atoms with E-state index in [9.17, 15) is 9.59 Å². The van der Waals surface area contributed by atoms with Crippen molar-refractivity contribution < 1.29 is 9.59 Å². The molecule has 3 rings (SSSR count). The van der Waals surface area contributed by atoms with E-state index in [1.165, 1.54) is 11.8 Å². The fourth-order valence-corrected chi connectivity index (χ4v) is 4.35. The van der Waals surface area contributed by atoms with Crippen molar-refractivity contribution in [1.29, 1.82) is 0 Å². The highest BCUT2D eigenvalue weighted by Crippen LogP contribution is 2.20. The summed E-state index contributed by atoms with van der Waals surface area (Å²) in [5, 5.41) is 15.3. The Balaban J connectivity index is 1.61. The van der Waals surface area contributed by atoms with Gasteiger partial charge < -0.3 is 15.2 Å². The van der Waals surface area contributed by atoms with Gasteiger partial charge in [-0.2, -0.15) is 0 Å². The summed E-state index contributed by atoms with van der Waals surface area (Å²) >= 11 is 9.38. The van der Waals surface area contributed by atoms with Crippen molar-refractivity contribution in [3.8, 4) is 0 Å². The monoisotopic (exact) mass is 581 g/mol. The zero-order valence-corrected chi connectivity index (χ0v) is 21.0. The van der Waals surface area contributed by atoms with E-state index >= 15 is 0 Å². The smallest absolute Gasteiger partial charge is 0.251 e. The molecule has 0 fully saturated rings. The van der Waals surface area contributed by atoms with Crippen molar-refractivity contribution in [2.75, 3.05) is 11.1 Å². The number of nitrogens with zero attached hydrogens (tertiary/aromatic N) is 3. The Morgan fingerprint density at radius 3 is 2.66 bits per heavy atom. The lowest BCUT2D eigenvalue weighted by molar-refractivity contribution is -0.113. The van der Waals surface area contributed by atoms with Gasteiger partial charge in [0.2, 0.25) is 5.91 Å². The number of hydrogen-bond acceptors (Lipinski definition) is 5. The summed E-state index contributed by atoms with van der Waals surface area (Å²) in [6.07, 6.45) is 1.72. The van der Waals surface area contributed by atoms with Crippen LogP contribution < -0.4 is 10.6 Å². The number of amides is 2. The van der Waals surface area contributed by atoms with Crippen molar-refractivity contribution in [1.82, 2.24) is 20.1 Å². The maximum Gasteiger partial charge on any atom is 0.251 e. The van der Waals surface area contributed by atoms with Crippen molar-refractivity contribution in [3.05, 3.63) is 80.7 Å². The van der Waals surface area contributed by atoms with Gasteiger partial charge in [-0.05, 0) is 77.5 Å². The highest BCUT2D eigenvalue weighted by Gasteiger charge is 2.15. The lowest BCUT2D eigenvalue weighted by atomic mass is 10.2. The third-order valence-electron chi connectivity index (χ3n) is 4.41. The van der Waals surface area contributed by atoms with E-state index in [0.29, 0.717) is 28.1 Å². The number of halogens is 2. The number of nitrogens with one attached hydrogen (secondary N) is 2. The summed E-state index contributed by atoms with van der Waals surface area (Å²) in [6, 6.07) is 12.5. The average molecular weight is 582 g/mol. The zero-order valence-electron chi connectivity index (χ0n) is 17.3. The number of hydrogen-bond donors (Lipinski definition) is 2. The molecule has 10 heteroatoms. The molecule has 7 nitrogen and oxygen atoms in total. The number of benzene rings is 2. The van der Waals surface area contributed by atoms with Gasteiger partial charge in [-0.3, -0.25) is 9.59 Å². The molecule has 0 atom stereocenters. The lowest BCUT2D eigenvalue weighted by Crippen LogP contribution is -2.24. The molecule has 0 unspecified atom stereocenters. The van der Waals surface area contributed by atoms with Crippen LogP contribution in [0, 0.1) is 10.5 Å². The fourth-order valence-electron chi connectivity index (χ4n) is 2.82. The van der Waals surface area contributed by atoms with Crippen LogP contribution >= 0.6 is 46.0 Å². The largest absolute Gasteiger partial charge is 0.345 e. The number of allylic oxidation sites excluding steroid dienone is 1. The van der Waals surface area contributed by atoms with Crippen LogP contribution in [-0.2, 0) is 17.9 Å². The highest BCUT2D eigenvalue weighted by molar-refractivity contribution is 14.1. The Kier molecular flexibility index (Phi) is 8.71. The maximum absolute atomic E-state index is 12.4. The van der Waals surface area contributed by atoms with Gasteiger partial charge in [0.1, 0.15) is 0 Å². The number of carbonyl (C=O) groups is 2. The van der Waals surface area contributed by atoms with Crippen molar-refractivity contribution in [3.63, 3.8) is 0 Å². The molecular weight excluding hydrogens is 561 g/mol. The van der Waals surface area contributed by atoms with Crippen LogP contribution in [0.3, 0.4) is 0 Å². The van der Waals surface area contributed by atoms with Crippen LogP contribution in [0.5, 0.6) is 0 Å². The number of carbonyl (C=O) groups excluding carboxylic acids is 2. The molecule has 0 saturated heterocycles. The second-order valence-corrected chi connectivity index (χ2v) is 9.41. The molecule has 2 amide bonds. The van der Waals surface area contributed by atoms with Gasteiger partial charge in [-0.25, -0.2) is 0 Å². The first-order valence-electron chi connectivity index (χ1n) is 9.63. The van der Waals surface area contributed by atoms with Crippen molar-refractivity contribution in [2.24, 2.45) is 0 Å². The first-order chi connectivity index (χ1) is 15.4. The molecule has 1 heterocycles. The molecule has 1 aromatic heterocycles. The molecule has 0 aliphatic rings. The quantitative estimate of drug-likeness (QED) is 0.217. The van der Waals surface area contributed by atoms with E-state index in [-0.39, 0.29) is 24.1 Å². The molecule has 166 valence electrons. The van der Waals surface area contributed by atoms with Gasteiger partial charge in [-0.15, -0.1) is 16.8 Å². The molecular formula is C22H21ClIN5O2S. The lowest BCUT2D eigenvalue weighted by Gasteiger charge is -2.10. The number of thioether (sulfide) groups is 1. The topological polar surface area (TPSA) is 88.9 Å². The molecule has 3 aromatic rings. The number of aryl methyl sites for hydroxylation is 1. The van der Waals surface area contributed by atoms with Crippen molar-refractivity contribution in [2.45, 2.75) is 25.2 Å². The van der Waals surface area contributed by atoms with E-state index in [2.05, 4.69) is 50.0 Å². The molecule has 0 aliphatic carbocycles. The molecule has 0 radical (unpaired) electrons. The van der Waals surface area contributed by atoms with E-state index in [0.717, 1.165) is 14.8 Å². The summed E-state index contributed by atoms with van der Waals surface area (Å²) in [5.41, 5.74) is 2.29. The summed E-state index contributed by atoms with van der Waals surface area (Å²) in [6.45, 7) is 6.37. The fraction of sp³-hybridized carbons (Fsp3) is 0.182. The van der Waals surface area contributed by atoms with Crippen LogP contribution in [0.1, 0.15) is 21.7 Å². The Morgan fingerprint density at radius 2 is 1.97 bits per heavy atom. The van der Waals surface area contributed by atoms with Gasteiger partial charge in [0.25, 0.3) is 5.91 Å². The molecule has 32 heavy (non-hydrogen) atoms. The predicted molar refractivity (Wildman–Crippen MR) is 136 cm³/mol. The molecule has 0 aliphatic heterocycles. The third kappa shape index (κ3) is 6.57. The first-order valence-corrected chi connectivity index (χ1v) is 12.1. The minimum Gasteiger partial charge on any atom is -0.345 e. The Bertz CT molecular complexity index is 1130. The predicted octanol–water partition coefficient (Wildman–Crippen LogP) is 4.69. The average Bonchev–Trinajstić information content (AvgIpc) is 3.15. The Morgan fingerprint density at radius 1 is 1.22 bits per heavy atom. The Hall–Kier alpha value is -2.37. The zero-order chi connectivity index (χ0) is 23.1. The van der Waals surface area contributed by atoms with Crippen LogP contribution in [0.4, 0.5) is 5.69 Å². The van der Waals surface area contributed by atoms with E-state index in [1.807, 2.05) is 29.7 Å². The third-order valence-corrected chi connectivity index (χ3v) is 6.30. The van der Waals surface area contributed by atoms with Gasteiger partial charge in [0, 0.05) is 26.4 Å². The standard InChI is InChI=1S/C22H21ClIN5O2S/c1-3-10-29-19(12-25-21(31)15-4-6-16(23)7-5-15)27-28-22(29)32-13-20(30)26-18-9-8-17(24)11-14(18)2/h3-9,11H,1,10,12-13H2,2H3,(H,25,31)(H,26,30). The maximum atomic E-state index is 12.4. The van der Waals surface area contributed by atoms with E-state index in [1.54, 1.807) is 30.3 Å². The van der Waals surface area contributed by atoms with Gasteiger partial charge in [0.05, 0.1) is 12.3 Å². The normalized spacial score (nSPS) is 10.6. The Labute approximate surface area is 209 Å². The van der Waals surface area contributed by atoms with Crippen LogP contribution in [-0.4, -0.2) is 32.3 Å². The van der Waals surface area contributed by atoms with E-state index < -0.39 is 0 Å². The minimum absolute atomic E-state index is 0.134. The SMILES string of the molecule is C=CCn1c(CNC(=O)c2ccc(Cl)cc2)nnc1SCC(=O)Nc1ccc(I)cc1C. The van der Waals surface area contributed by atoms with Crippen molar-refractivity contribution >= 4 is 63.5 Å². The summed E-state index contributed by atoms with van der Waals surface area (Å²) < 4.78 is 2.93. The second-order valence-electron chi connectivity index (χ2n) is 6.78. The van der Waals surface area contributed by atoms with Gasteiger partial charge in [0.15, 0.2) is 11.0 Å². The van der Waals surface area contributed by atoms with E-state index in [4.69, 9.17) is 11.6 Å².